The molecule has 1 saturated carbocycles. The second-order valence-electron chi connectivity index (χ2n) is 14.0. The number of esters is 2. The summed E-state index contributed by atoms with van der Waals surface area (Å²) in [6.45, 7) is 0.0350. The van der Waals surface area contributed by atoms with Crippen LogP contribution in [-0.2, 0) is 20.7 Å². The summed E-state index contributed by atoms with van der Waals surface area (Å²) < 4.78 is 55.2. The number of carbonyl (C=O) groups excluding carboxylic acids is 2. The highest BCUT2D eigenvalue weighted by Gasteiger charge is 2.38. The monoisotopic (exact) mass is 795 g/mol. The van der Waals surface area contributed by atoms with E-state index in [1.54, 1.807) is 12.1 Å². The molecule has 4 aliphatic rings. The Morgan fingerprint density at radius 3 is 2.31 bits per heavy atom. The Morgan fingerprint density at radius 2 is 1.65 bits per heavy atom. The maximum Gasteiger partial charge on any atom is 0.387 e. The van der Waals surface area contributed by atoms with Crippen molar-refractivity contribution in [1.29, 1.82) is 0 Å². The summed E-state index contributed by atoms with van der Waals surface area (Å²) in [7, 11) is 1.46. The number of hydrogen-bond donors (Lipinski definition) is 1. The van der Waals surface area contributed by atoms with Gasteiger partial charge in [-0.2, -0.15) is 8.78 Å². The molecule has 3 atom stereocenters. The molecule has 3 aromatic carbocycles. The summed E-state index contributed by atoms with van der Waals surface area (Å²) in [4.78, 5) is 34.1. The van der Waals surface area contributed by atoms with Crippen molar-refractivity contribution in [3.63, 3.8) is 0 Å². The number of pyridine rings is 1. The van der Waals surface area contributed by atoms with Crippen molar-refractivity contribution >= 4 is 40.8 Å². The van der Waals surface area contributed by atoms with Crippen LogP contribution in [-0.4, -0.2) is 67.9 Å². The lowest BCUT2D eigenvalue weighted by molar-refractivity contribution is -0.159. The number of anilines is 1. The first-order chi connectivity index (χ1) is 26.6. The molecule has 0 amide bonds. The van der Waals surface area contributed by atoms with E-state index in [2.05, 4.69) is 15.2 Å². The minimum atomic E-state index is -3.07. The SMILES string of the molecule is COc1cc(C(=O)O[C@@H](Cc2c(Cl)cncc2Cl)c2ccc(OC(F)F)c(OCC3CC3)c2)ccc1NC(C(=O)O[C@H]1CN2CCC1CC2)c1ccccc1. The first-order valence-corrected chi connectivity index (χ1v) is 19.0. The van der Waals surface area contributed by atoms with Crippen LogP contribution in [0.4, 0.5) is 14.5 Å². The first kappa shape index (κ1) is 38.6. The van der Waals surface area contributed by atoms with Crippen LogP contribution in [0.1, 0.15) is 64.9 Å². The van der Waals surface area contributed by atoms with Gasteiger partial charge in [0.25, 0.3) is 0 Å². The van der Waals surface area contributed by atoms with Crippen LogP contribution < -0.4 is 19.5 Å². The quantitative estimate of drug-likeness (QED) is 0.111. The molecule has 4 heterocycles. The number of fused-ring (bicyclic) bond motifs is 3. The van der Waals surface area contributed by atoms with Crippen molar-refractivity contribution in [2.45, 2.75) is 57.0 Å². The van der Waals surface area contributed by atoms with E-state index in [1.807, 2.05) is 30.3 Å². The molecule has 0 radical (unpaired) electrons. The number of ether oxygens (including phenoxy) is 5. The standard InChI is InChI=1S/C41H41Cl2F2N3O7/c1-51-35-18-28(9-11-32(35)47-38(26-5-3-2-4-6-26)40(50)54-37-22-48-15-13-25(37)14-16-48)39(49)53-34(19-29-30(42)20-46-21-31(29)43)27-10-12-33(55-41(44)45)36(17-27)52-23-24-7-8-24/h2-6,9-12,17-18,20-21,24-25,34,37-38,41,47H,7-8,13-16,19,22-23H2,1H3/t34-,37-,38?/m0/s1. The molecule has 4 aromatic rings. The Hall–Kier alpha value is -4.65. The van der Waals surface area contributed by atoms with Gasteiger partial charge in [-0.05, 0) is 97.6 Å². The molecule has 14 heteroatoms. The van der Waals surface area contributed by atoms with Gasteiger partial charge in [0, 0.05) is 25.4 Å². The van der Waals surface area contributed by atoms with Crippen molar-refractivity contribution in [3.8, 4) is 17.2 Å². The number of nitrogens with zero attached hydrogens (tertiary/aromatic N) is 2. The van der Waals surface area contributed by atoms with Crippen LogP contribution in [0.15, 0.2) is 79.1 Å². The van der Waals surface area contributed by atoms with E-state index in [4.69, 9.17) is 46.9 Å². The minimum absolute atomic E-state index is 0.0281. The van der Waals surface area contributed by atoms with Gasteiger partial charge >= 0.3 is 18.6 Å². The Kier molecular flexibility index (Phi) is 12.2. The third-order valence-electron chi connectivity index (χ3n) is 10.3. The lowest BCUT2D eigenvalue weighted by Gasteiger charge is -2.44. The van der Waals surface area contributed by atoms with Gasteiger partial charge in [0.15, 0.2) is 17.5 Å². The van der Waals surface area contributed by atoms with E-state index in [-0.39, 0.29) is 45.4 Å². The van der Waals surface area contributed by atoms with Gasteiger partial charge in [0.2, 0.25) is 0 Å². The van der Waals surface area contributed by atoms with E-state index in [0.717, 1.165) is 45.3 Å². The first-order valence-electron chi connectivity index (χ1n) is 18.3. The second kappa shape index (κ2) is 17.4. The Morgan fingerprint density at radius 1 is 0.909 bits per heavy atom. The minimum Gasteiger partial charge on any atom is -0.495 e. The van der Waals surface area contributed by atoms with E-state index in [0.29, 0.717) is 40.8 Å². The predicted octanol–water partition coefficient (Wildman–Crippen LogP) is 8.72. The lowest BCUT2D eigenvalue weighted by atomic mass is 9.86. The van der Waals surface area contributed by atoms with Crippen LogP contribution in [0.3, 0.4) is 0 Å². The fraction of sp³-hybridized carbons (Fsp3) is 0.390. The molecule has 4 fully saturated rings. The van der Waals surface area contributed by atoms with Gasteiger partial charge in [-0.3, -0.25) is 9.88 Å². The number of methoxy groups -OCH3 is 1. The molecule has 0 spiro atoms. The lowest BCUT2D eigenvalue weighted by Crippen LogP contribution is -2.52. The van der Waals surface area contributed by atoms with Crippen LogP contribution in [0.25, 0.3) is 0 Å². The highest BCUT2D eigenvalue weighted by atomic mass is 35.5. The molecule has 290 valence electrons. The van der Waals surface area contributed by atoms with E-state index >= 15 is 0 Å². The maximum atomic E-state index is 13.9. The number of rotatable bonds is 16. The molecule has 3 saturated heterocycles. The summed E-state index contributed by atoms with van der Waals surface area (Å²) in [6.07, 6.45) is 5.68. The third-order valence-corrected chi connectivity index (χ3v) is 10.9. The molecule has 3 aliphatic heterocycles. The molecule has 2 bridgehead atoms. The molecule has 8 rings (SSSR count). The van der Waals surface area contributed by atoms with Crippen LogP contribution in [0, 0.1) is 11.8 Å². The molecule has 1 aliphatic carbocycles. The largest absolute Gasteiger partial charge is 0.495 e. The number of halogens is 4. The molecule has 1 N–H and O–H groups in total. The molecule has 10 nitrogen and oxygen atoms in total. The van der Waals surface area contributed by atoms with Crippen LogP contribution in [0.5, 0.6) is 17.2 Å². The summed E-state index contributed by atoms with van der Waals surface area (Å²) in [5, 5.41) is 3.81. The van der Waals surface area contributed by atoms with E-state index in [9.17, 15) is 18.4 Å². The summed E-state index contributed by atoms with van der Waals surface area (Å²) in [6, 6.07) is 17.5. The highest BCUT2D eigenvalue weighted by Crippen LogP contribution is 2.39. The fourth-order valence-electron chi connectivity index (χ4n) is 7.04. The van der Waals surface area contributed by atoms with Crippen LogP contribution in [0.2, 0.25) is 10.0 Å². The van der Waals surface area contributed by atoms with Crippen molar-refractivity contribution < 1.29 is 42.1 Å². The summed E-state index contributed by atoms with van der Waals surface area (Å²) >= 11 is 13.0. The van der Waals surface area contributed by atoms with Gasteiger partial charge in [0.05, 0.1) is 35.0 Å². The van der Waals surface area contributed by atoms with Crippen molar-refractivity contribution in [1.82, 2.24) is 9.88 Å². The summed E-state index contributed by atoms with van der Waals surface area (Å²) in [5.41, 5.74) is 2.22. The van der Waals surface area contributed by atoms with E-state index < -0.39 is 30.7 Å². The number of hydrogen-bond acceptors (Lipinski definition) is 10. The number of aromatic nitrogens is 1. The number of alkyl halides is 2. The number of piperidine rings is 3. The van der Waals surface area contributed by atoms with Gasteiger partial charge in [-0.1, -0.05) is 59.6 Å². The predicted molar refractivity (Wildman–Crippen MR) is 202 cm³/mol. The second-order valence-corrected chi connectivity index (χ2v) is 14.8. The Balaban J connectivity index is 1.14. The Bertz CT molecular complexity index is 1960. The summed E-state index contributed by atoms with van der Waals surface area (Å²) in [5.74, 6) is -0.216. The molecule has 1 aromatic heterocycles. The number of carbonyl (C=O) groups is 2. The third kappa shape index (κ3) is 9.60. The topological polar surface area (TPSA) is 108 Å². The zero-order chi connectivity index (χ0) is 38.5. The molecular formula is C41H41Cl2F2N3O7. The smallest absolute Gasteiger partial charge is 0.387 e. The molecule has 55 heavy (non-hydrogen) atoms. The maximum absolute atomic E-state index is 13.9. The van der Waals surface area contributed by atoms with Crippen molar-refractivity contribution in [2.75, 3.05) is 38.7 Å². The van der Waals surface area contributed by atoms with Gasteiger partial charge in [-0.25, -0.2) is 9.59 Å². The van der Waals surface area contributed by atoms with E-state index in [1.165, 1.54) is 43.8 Å². The van der Waals surface area contributed by atoms with Crippen molar-refractivity contribution in [2.24, 2.45) is 11.8 Å². The van der Waals surface area contributed by atoms with Gasteiger partial charge < -0.3 is 29.0 Å². The average Bonchev–Trinajstić information content (AvgIpc) is 4.03. The molecular weight excluding hydrogens is 755 g/mol. The zero-order valence-corrected chi connectivity index (χ0v) is 31.6. The fourth-order valence-corrected chi connectivity index (χ4v) is 7.56. The Labute approximate surface area is 328 Å². The normalized spacial score (nSPS) is 20.0. The van der Waals surface area contributed by atoms with Crippen LogP contribution >= 0.6 is 23.2 Å². The average molecular weight is 797 g/mol. The molecule has 1 unspecified atom stereocenters. The highest BCUT2D eigenvalue weighted by molar-refractivity contribution is 6.35. The number of benzene rings is 3. The number of nitrogens with one attached hydrogen (secondary N) is 1. The van der Waals surface area contributed by atoms with Gasteiger partial charge in [-0.15, -0.1) is 0 Å². The van der Waals surface area contributed by atoms with Gasteiger partial charge in [0.1, 0.15) is 18.0 Å². The van der Waals surface area contributed by atoms with Crippen molar-refractivity contribution in [3.05, 3.63) is 111 Å². The zero-order valence-electron chi connectivity index (χ0n) is 30.1.